The first-order valence-corrected chi connectivity index (χ1v) is 27.8. The van der Waals surface area contributed by atoms with Crippen LogP contribution in [0.25, 0.3) is 83.5 Å². The molecule has 0 fully saturated rings. The number of benzene rings is 6. The smallest absolute Gasteiger partial charge is 0.120 e. The number of azide groups is 8. The van der Waals surface area contributed by atoms with Gasteiger partial charge in [-0.2, -0.15) is 0 Å². The zero-order valence-corrected chi connectivity index (χ0v) is 48.8. The summed E-state index contributed by atoms with van der Waals surface area (Å²) in [7, 11) is 0. The van der Waals surface area contributed by atoms with Crippen molar-refractivity contribution in [2.24, 2.45) is 40.9 Å². The van der Waals surface area contributed by atoms with Crippen LogP contribution in [0.2, 0.25) is 0 Å². The molecule has 0 radical (unpaired) electrons. The van der Waals surface area contributed by atoms with Gasteiger partial charge in [-0.25, -0.2) is 0 Å². The van der Waals surface area contributed by atoms with Gasteiger partial charge in [-0.3, -0.25) is 0 Å². The Labute approximate surface area is 515 Å². The lowest BCUT2D eigenvalue weighted by molar-refractivity contribution is 0.296. The predicted octanol–water partition coefficient (Wildman–Crippen LogP) is 19.2. The van der Waals surface area contributed by atoms with Crippen LogP contribution in [0.4, 0.5) is 0 Å². The average Bonchev–Trinajstić information content (AvgIpc) is 2.77. The molecule has 90 heavy (non-hydrogen) atoms. The van der Waals surface area contributed by atoms with Crippen molar-refractivity contribution in [1.29, 1.82) is 0 Å². The molecule has 0 heterocycles. The molecule has 0 N–H and O–H groups in total. The molecule has 0 amide bonds. The van der Waals surface area contributed by atoms with Crippen LogP contribution >= 0.6 is 0 Å². The fourth-order valence-electron chi connectivity index (χ4n) is 8.79. The number of hydrogen-bond acceptors (Lipinski definition) is 14. The van der Waals surface area contributed by atoms with Crippen LogP contribution in [0.3, 0.4) is 0 Å². The maximum atomic E-state index is 8.91. The van der Waals surface area contributed by atoms with Crippen LogP contribution in [0.5, 0.6) is 34.5 Å². The molecule has 0 aliphatic carbocycles. The molecule has 0 spiro atoms. The lowest BCUT2D eigenvalue weighted by atomic mass is 10.1. The Kier molecular flexibility index (Phi) is 29.3. The molecule has 30 heteroatoms. The van der Waals surface area contributed by atoms with Gasteiger partial charge in [0.05, 0.1) is 52.4 Å². The third-order valence-electron chi connectivity index (χ3n) is 12.5. The SMILES string of the molecule is [N-]=[N+]=NCc1cc(CN=[N+]=[N-])cc(OCc2cc(COc3cc(CN=[N+]=[N-])cc(CN=[N+]=[N-])c3)cc(OC/C=C/CC/C=C/CC/C=C/COc3cc(COc4cc(CN=[N+]=[N-])cc(CN=[N+]=[N-])c4)cc(COc4cc(CN=[N+]=[N-])cc(CN=[N+]=[N-])c4)c3)c2)c1. The zero-order chi connectivity index (χ0) is 63.6. The number of unbranched alkanes of at least 4 members (excludes halogenated alkanes) is 2. The second kappa shape index (κ2) is 39.4. The topological polar surface area (TPSA) is 445 Å². The van der Waals surface area contributed by atoms with E-state index in [0.717, 1.165) is 47.9 Å². The largest absolute Gasteiger partial charge is 0.490 e. The van der Waals surface area contributed by atoms with Gasteiger partial charge in [-0.05, 0) is 222 Å². The summed E-state index contributed by atoms with van der Waals surface area (Å²) in [6.45, 7) is 1.74. The monoisotopic (exact) mass is 1210 g/mol. The molecule has 0 unspecified atom stereocenters. The summed E-state index contributed by atoms with van der Waals surface area (Å²) in [5.41, 5.74) is 79.8. The number of allylic oxidation sites excluding steroid dienone is 4. The van der Waals surface area contributed by atoms with E-state index < -0.39 is 0 Å². The van der Waals surface area contributed by atoms with Crippen LogP contribution in [0, 0.1) is 0 Å². The summed E-state index contributed by atoms with van der Waals surface area (Å²) in [5.74, 6) is 3.07. The molecular formula is C60H60N24O6. The fraction of sp³-hybridized carbons (Fsp3) is 0.300. The molecule has 30 nitrogen and oxygen atoms in total. The molecule has 0 saturated heterocycles. The molecular weight excluding hydrogens is 1150 g/mol. The van der Waals surface area contributed by atoms with Gasteiger partial charge >= 0.3 is 0 Å². The molecule has 0 atom stereocenters. The minimum absolute atomic E-state index is 0.0812. The van der Waals surface area contributed by atoms with Gasteiger partial charge in [0.15, 0.2) is 0 Å². The average molecular weight is 1210 g/mol. The highest BCUT2D eigenvalue weighted by atomic mass is 16.5. The number of rotatable bonds is 40. The Morgan fingerprint density at radius 1 is 0.222 bits per heavy atom. The van der Waals surface area contributed by atoms with Crippen LogP contribution in [0.15, 0.2) is 187 Å². The maximum absolute atomic E-state index is 8.91. The van der Waals surface area contributed by atoms with Crippen LogP contribution in [0.1, 0.15) is 92.4 Å². The van der Waals surface area contributed by atoms with E-state index in [0.29, 0.717) is 79.0 Å². The van der Waals surface area contributed by atoms with Crippen molar-refractivity contribution in [3.05, 3.63) is 296 Å². The lowest BCUT2D eigenvalue weighted by Crippen LogP contribution is -2.03. The van der Waals surface area contributed by atoms with E-state index in [1.807, 2.05) is 48.6 Å². The van der Waals surface area contributed by atoms with E-state index in [9.17, 15) is 0 Å². The summed E-state index contributed by atoms with van der Waals surface area (Å²) in [6, 6.07) is 32.5. The van der Waals surface area contributed by atoms with E-state index in [1.165, 1.54) is 0 Å². The molecule has 0 aliphatic heterocycles. The molecule has 0 bridgehead atoms. The first-order valence-electron chi connectivity index (χ1n) is 27.8. The van der Waals surface area contributed by atoms with E-state index in [4.69, 9.17) is 72.7 Å². The second-order valence-corrected chi connectivity index (χ2v) is 19.4. The summed E-state index contributed by atoms with van der Waals surface area (Å²) in [6.07, 6.45) is 15.5. The summed E-state index contributed by atoms with van der Waals surface area (Å²) in [5, 5.41) is 29.3. The number of nitrogens with zero attached hydrogens (tertiary/aromatic N) is 24. The van der Waals surface area contributed by atoms with Crippen molar-refractivity contribution < 1.29 is 28.4 Å². The van der Waals surface area contributed by atoms with E-state index in [1.54, 1.807) is 72.8 Å². The summed E-state index contributed by atoms with van der Waals surface area (Å²) >= 11 is 0. The van der Waals surface area contributed by atoms with Crippen molar-refractivity contribution in [3.8, 4) is 34.5 Å². The van der Waals surface area contributed by atoms with Gasteiger partial charge in [0, 0.05) is 39.3 Å². The summed E-state index contributed by atoms with van der Waals surface area (Å²) < 4.78 is 37.3. The van der Waals surface area contributed by atoms with Crippen molar-refractivity contribution in [2.75, 3.05) is 13.2 Å². The van der Waals surface area contributed by atoms with Gasteiger partial charge in [0.1, 0.15) is 74.1 Å². The second-order valence-electron chi connectivity index (χ2n) is 19.4. The quantitative estimate of drug-likeness (QED) is 0.0118. The van der Waals surface area contributed by atoms with Gasteiger partial charge < -0.3 is 28.4 Å². The van der Waals surface area contributed by atoms with Gasteiger partial charge in [-0.15, -0.1) is 0 Å². The first-order chi connectivity index (χ1) is 44.2. The minimum Gasteiger partial charge on any atom is -0.490 e. The standard InChI is InChI=1S/C60H60N24O6/c61-77-69-31-43-13-44(32-70-78-62)20-57(19-43)87-39-51-17-52(40-88-58-21-45(33-71-79-63)14-46(22-58)34-72-80-64)28-55(27-51)85-11-9-7-5-3-1-2-4-6-8-10-12-86-56-29-53(41-89-59-23-47(35-73-81-65)15-48(24-59)36-74-82-66)18-54(30-56)42-90-60-25-49(37-75-83-67)16-50(26-60)38-76-84-68/h1-2,7-10,13-30H,3-6,11-12,31-42H2/b2-1+,9-7+,10-8+. The highest BCUT2D eigenvalue weighted by Crippen LogP contribution is 2.28. The molecule has 0 aromatic heterocycles. The Hall–Kier alpha value is -12.2. The first kappa shape index (κ1) is 67.0. The van der Waals surface area contributed by atoms with Crippen LogP contribution in [-0.2, 0) is 78.8 Å². The highest BCUT2D eigenvalue weighted by Gasteiger charge is 2.12. The molecule has 0 aliphatic rings. The molecule has 6 rings (SSSR count). The van der Waals surface area contributed by atoms with Gasteiger partial charge in [0.2, 0.25) is 0 Å². The number of hydrogen-bond donors (Lipinski definition) is 0. The van der Waals surface area contributed by atoms with Crippen molar-refractivity contribution >= 4 is 0 Å². The lowest BCUT2D eigenvalue weighted by Gasteiger charge is -2.14. The molecule has 0 saturated carbocycles. The Bertz CT molecular complexity index is 3290. The van der Waals surface area contributed by atoms with Crippen LogP contribution < -0.4 is 28.4 Å². The minimum atomic E-state index is 0.0812. The van der Waals surface area contributed by atoms with E-state index in [2.05, 4.69) is 105 Å². The zero-order valence-electron chi connectivity index (χ0n) is 48.8. The van der Waals surface area contributed by atoms with Gasteiger partial charge in [0.25, 0.3) is 0 Å². The third-order valence-corrected chi connectivity index (χ3v) is 12.5. The third kappa shape index (κ3) is 25.6. The molecule has 6 aromatic carbocycles. The van der Waals surface area contributed by atoms with E-state index >= 15 is 0 Å². The predicted molar refractivity (Wildman–Crippen MR) is 336 cm³/mol. The Morgan fingerprint density at radius 2 is 0.389 bits per heavy atom. The Balaban J connectivity index is 1.04. The summed E-state index contributed by atoms with van der Waals surface area (Å²) in [4.78, 5) is 22.8. The molecule has 456 valence electrons. The number of ether oxygens (including phenoxy) is 6. The van der Waals surface area contributed by atoms with E-state index in [-0.39, 0.29) is 92.0 Å². The van der Waals surface area contributed by atoms with Gasteiger partial charge in [-0.1, -0.05) is 102 Å². The Morgan fingerprint density at radius 3 is 0.589 bits per heavy atom. The van der Waals surface area contributed by atoms with Crippen molar-refractivity contribution in [2.45, 2.75) is 104 Å². The van der Waals surface area contributed by atoms with Crippen molar-refractivity contribution in [3.63, 3.8) is 0 Å². The van der Waals surface area contributed by atoms with Crippen molar-refractivity contribution in [1.82, 2.24) is 0 Å². The molecule has 6 aromatic rings. The highest BCUT2D eigenvalue weighted by molar-refractivity contribution is 5.41. The fourth-order valence-corrected chi connectivity index (χ4v) is 8.79. The maximum Gasteiger partial charge on any atom is 0.120 e. The van der Waals surface area contributed by atoms with Crippen LogP contribution in [-0.4, -0.2) is 13.2 Å². The normalized spacial score (nSPS) is 10.4.